The van der Waals surface area contributed by atoms with Crippen molar-refractivity contribution in [2.75, 3.05) is 22.6 Å². The normalized spacial score (nSPS) is 9.82. The Bertz CT molecular complexity index is 403. The molecule has 1 aromatic carbocycles. The number of nitrogens with one attached hydrogen (secondary N) is 1. The Labute approximate surface area is 109 Å². The maximum absolute atomic E-state index is 11.3. The number of carbonyl (C=O) groups excluding carboxylic acids is 2. The summed E-state index contributed by atoms with van der Waals surface area (Å²) < 4.78 is 0. The van der Waals surface area contributed by atoms with Crippen LogP contribution in [-0.4, -0.2) is 24.2 Å². The van der Waals surface area contributed by atoms with Gasteiger partial charge in [0.05, 0.1) is 0 Å². The molecule has 1 rings (SSSR count). The third-order valence-electron chi connectivity index (χ3n) is 2.33. The topological polar surface area (TPSA) is 49.4 Å². The Morgan fingerprint density at radius 1 is 1.29 bits per heavy atom. The van der Waals surface area contributed by atoms with E-state index < -0.39 is 0 Å². The van der Waals surface area contributed by atoms with E-state index in [0.717, 1.165) is 11.4 Å². The molecule has 0 radical (unpaired) electrons. The molecule has 1 aromatic rings. The zero-order chi connectivity index (χ0) is 12.8. The lowest BCUT2D eigenvalue weighted by atomic mass is 10.2. The van der Waals surface area contributed by atoms with Crippen molar-refractivity contribution in [1.29, 1.82) is 0 Å². The van der Waals surface area contributed by atoms with Gasteiger partial charge in [-0.2, -0.15) is 0 Å². The van der Waals surface area contributed by atoms with E-state index in [-0.39, 0.29) is 11.8 Å². The van der Waals surface area contributed by atoms with E-state index in [2.05, 4.69) is 21.2 Å². The number of anilines is 2. The fourth-order valence-electron chi connectivity index (χ4n) is 1.26. The van der Waals surface area contributed by atoms with Gasteiger partial charge < -0.3 is 10.2 Å². The van der Waals surface area contributed by atoms with E-state index in [9.17, 15) is 9.59 Å². The van der Waals surface area contributed by atoms with Crippen LogP contribution < -0.4 is 10.2 Å². The molecule has 17 heavy (non-hydrogen) atoms. The van der Waals surface area contributed by atoms with Gasteiger partial charge in [-0.3, -0.25) is 9.59 Å². The summed E-state index contributed by atoms with van der Waals surface area (Å²) in [7, 11) is 1.71. The number of carbonyl (C=O) groups is 2. The molecule has 5 heteroatoms. The van der Waals surface area contributed by atoms with Gasteiger partial charge >= 0.3 is 0 Å². The number of alkyl halides is 1. The lowest BCUT2D eigenvalue weighted by Crippen LogP contribution is -2.22. The van der Waals surface area contributed by atoms with Gasteiger partial charge in [0.15, 0.2) is 0 Å². The maximum Gasteiger partial charge on any atom is 0.225 e. The molecule has 0 saturated heterocycles. The van der Waals surface area contributed by atoms with Crippen molar-refractivity contribution in [3.63, 3.8) is 0 Å². The van der Waals surface area contributed by atoms with Crippen LogP contribution in [0.2, 0.25) is 0 Å². The molecule has 0 heterocycles. The van der Waals surface area contributed by atoms with Crippen LogP contribution in [0, 0.1) is 0 Å². The number of hydrogen-bond acceptors (Lipinski definition) is 2. The van der Waals surface area contributed by atoms with Crippen LogP contribution in [0.15, 0.2) is 24.3 Å². The van der Waals surface area contributed by atoms with E-state index >= 15 is 0 Å². The van der Waals surface area contributed by atoms with Crippen molar-refractivity contribution in [2.45, 2.75) is 13.3 Å². The number of halogens is 1. The number of amides is 2. The largest absolute Gasteiger partial charge is 0.326 e. The molecule has 92 valence electrons. The van der Waals surface area contributed by atoms with E-state index in [1.54, 1.807) is 36.2 Å². The van der Waals surface area contributed by atoms with Crippen molar-refractivity contribution in [3.8, 4) is 0 Å². The SMILES string of the molecule is CC(=O)N(C)c1ccc(NC(=O)CCBr)cc1. The Hall–Kier alpha value is -1.36. The highest BCUT2D eigenvalue weighted by atomic mass is 79.9. The Balaban J connectivity index is 2.68. The highest BCUT2D eigenvalue weighted by molar-refractivity contribution is 9.09. The molecule has 0 aliphatic carbocycles. The van der Waals surface area contributed by atoms with Gasteiger partial charge in [0.1, 0.15) is 0 Å². The van der Waals surface area contributed by atoms with Crippen molar-refractivity contribution in [3.05, 3.63) is 24.3 Å². The lowest BCUT2D eigenvalue weighted by molar-refractivity contribution is -0.116. The first kappa shape index (κ1) is 13.7. The Morgan fingerprint density at radius 2 is 1.88 bits per heavy atom. The van der Waals surface area contributed by atoms with Crippen molar-refractivity contribution >= 4 is 39.1 Å². The molecule has 0 aliphatic heterocycles. The van der Waals surface area contributed by atoms with Crippen LogP contribution in [0.1, 0.15) is 13.3 Å². The third kappa shape index (κ3) is 4.19. The molecule has 0 aromatic heterocycles. The summed E-state index contributed by atoms with van der Waals surface area (Å²) in [4.78, 5) is 24.0. The molecule has 0 aliphatic rings. The number of hydrogen-bond donors (Lipinski definition) is 1. The minimum atomic E-state index is -0.0328. The number of rotatable bonds is 4. The van der Waals surface area contributed by atoms with Crippen molar-refractivity contribution in [1.82, 2.24) is 0 Å². The summed E-state index contributed by atoms with van der Waals surface area (Å²) in [5.41, 5.74) is 1.53. The summed E-state index contributed by atoms with van der Waals surface area (Å²) >= 11 is 3.20. The van der Waals surface area contributed by atoms with Crippen LogP contribution in [0.4, 0.5) is 11.4 Å². The summed E-state index contributed by atoms with van der Waals surface area (Å²) in [6.45, 7) is 1.51. The van der Waals surface area contributed by atoms with Gasteiger partial charge in [0, 0.05) is 37.1 Å². The van der Waals surface area contributed by atoms with Crippen molar-refractivity contribution in [2.24, 2.45) is 0 Å². The molecule has 0 bridgehead atoms. The van der Waals surface area contributed by atoms with E-state index in [0.29, 0.717) is 11.8 Å². The predicted molar refractivity (Wildman–Crippen MR) is 72.6 cm³/mol. The number of benzene rings is 1. The van der Waals surface area contributed by atoms with Gasteiger partial charge in [-0.1, -0.05) is 15.9 Å². The minimum absolute atomic E-state index is 0.0268. The first-order valence-corrected chi connectivity index (χ1v) is 6.37. The molecule has 0 saturated carbocycles. The first-order chi connectivity index (χ1) is 8.04. The van der Waals surface area contributed by atoms with E-state index in [4.69, 9.17) is 0 Å². The highest BCUT2D eigenvalue weighted by Crippen LogP contribution is 2.17. The van der Waals surface area contributed by atoms with Crippen LogP contribution in [0.5, 0.6) is 0 Å². The van der Waals surface area contributed by atoms with Crippen LogP contribution in [-0.2, 0) is 9.59 Å². The summed E-state index contributed by atoms with van der Waals surface area (Å²) in [6.07, 6.45) is 0.440. The van der Waals surface area contributed by atoms with Gasteiger partial charge in [-0.15, -0.1) is 0 Å². The summed E-state index contributed by atoms with van der Waals surface area (Å²) in [5, 5.41) is 3.41. The lowest BCUT2D eigenvalue weighted by Gasteiger charge is -2.15. The molecule has 2 amide bonds. The summed E-state index contributed by atoms with van der Waals surface area (Å²) in [5.74, 6) is -0.0596. The Kier molecular flexibility index (Phi) is 5.15. The standard InChI is InChI=1S/C12H15BrN2O2/c1-9(16)15(2)11-5-3-10(4-6-11)14-12(17)7-8-13/h3-6H,7-8H2,1-2H3,(H,14,17). The smallest absolute Gasteiger partial charge is 0.225 e. The highest BCUT2D eigenvalue weighted by Gasteiger charge is 2.05. The average Bonchev–Trinajstić information content (AvgIpc) is 2.29. The second-order valence-electron chi connectivity index (χ2n) is 3.61. The van der Waals surface area contributed by atoms with Crippen LogP contribution >= 0.6 is 15.9 Å². The second kappa shape index (κ2) is 6.39. The minimum Gasteiger partial charge on any atom is -0.326 e. The average molecular weight is 299 g/mol. The fourth-order valence-corrected chi connectivity index (χ4v) is 1.62. The van der Waals surface area contributed by atoms with Crippen LogP contribution in [0.25, 0.3) is 0 Å². The summed E-state index contributed by atoms with van der Waals surface area (Å²) in [6, 6.07) is 7.15. The van der Waals surface area contributed by atoms with E-state index in [1.807, 2.05) is 0 Å². The predicted octanol–water partition coefficient (Wildman–Crippen LogP) is 2.39. The Morgan fingerprint density at radius 3 is 2.35 bits per heavy atom. The molecule has 0 fully saturated rings. The molecule has 4 nitrogen and oxygen atoms in total. The van der Waals surface area contributed by atoms with Crippen LogP contribution in [0.3, 0.4) is 0 Å². The fraction of sp³-hybridized carbons (Fsp3) is 0.333. The van der Waals surface area contributed by atoms with Gasteiger partial charge in [0.25, 0.3) is 0 Å². The molecular formula is C12H15BrN2O2. The second-order valence-corrected chi connectivity index (χ2v) is 4.41. The number of nitrogens with zero attached hydrogens (tertiary/aromatic N) is 1. The molecular weight excluding hydrogens is 284 g/mol. The molecule has 0 unspecified atom stereocenters. The first-order valence-electron chi connectivity index (χ1n) is 5.24. The zero-order valence-electron chi connectivity index (χ0n) is 9.87. The maximum atomic E-state index is 11.3. The van der Waals surface area contributed by atoms with Gasteiger partial charge in [-0.25, -0.2) is 0 Å². The zero-order valence-corrected chi connectivity index (χ0v) is 11.5. The van der Waals surface area contributed by atoms with Gasteiger partial charge in [0.2, 0.25) is 11.8 Å². The van der Waals surface area contributed by atoms with Gasteiger partial charge in [-0.05, 0) is 24.3 Å². The monoisotopic (exact) mass is 298 g/mol. The third-order valence-corrected chi connectivity index (χ3v) is 2.73. The molecule has 0 atom stereocenters. The van der Waals surface area contributed by atoms with Crippen molar-refractivity contribution < 1.29 is 9.59 Å². The molecule has 1 N–H and O–H groups in total. The quantitative estimate of drug-likeness (QED) is 0.868. The molecule has 0 spiro atoms. The van der Waals surface area contributed by atoms with E-state index in [1.165, 1.54) is 6.92 Å².